The first-order valence-corrected chi connectivity index (χ1v) is 7.19. The van der Waals surface area contributed by atoms with Gasteiger partial charge in [0, 0.05) is 25.0 Å². The molecule has 110 valence electrons. The summed E-state index contributed by atoms with van der Waals surface area (Å²) in [5, 5.41) is 11.7. The molecule has 0 aromatic rings. The largest absolute Gasteiger partial charge is 0.481 e. The highest BCUT2D eigenvalue weighted by atomic mass is 16.4. The molecule has 2 N–H and O–H groups in total. The summed E-state index contributed by atoms with van der Waals surface area (Å²) in [6.45, 7) is 6.62. The van der Waals surface area contributed by atoms with Gasteiger partial charge in [-0.3, -0.25) is 4.79 Å². The first-order chi connectivity index (χ1) is 8.90. The summed E-state index contributed by atoms with van der Waals surface area (Å²) in [5.74, 6) is -0.126. The van der Waals surface area contributed by atoms with Gasteiger partial charge >= 0.3 is 12.0 Å². The van der Waals surface area contributed by atoms with E-state index in [9.17, 15) is 9.59 Å². The Hall–Kier alpha value is -1.26. The lowest BCUT2D eigenvalue weighted by atomic mass is 10.1. The molecule has 5 heteroatoms. The fraction of sp³-hybridized carbons (Fsp3) is 0.857. The molecule has 0 spiro atoms. The highest BCUT2D eigenvalue weighted by molar-refractivity contribution is 5.75. The van der Waals surface area contributed by atoms with E-state index in [2.05, 4.69) is 12.2 Å². The van der Waals surface area contributed by atoms with Gasteiger partial charge in [-0.1, -0.05) is 6.92 Å². The second-order valence-electron chi connectivity index (χ2n) is 5.85. The van der Waals surface area contributed by atoms with Crippen LogP contribution in [0.5, 0.6) is 0 Å². The summed E-state index contributed by atoms with van der Waals surface area (Å²) in [6.07, 6.45) is 3.88. The van der Waals surface area contributed by atoms with Crippen LogP contribution in [0.2, 0.25) is 0 Å². The van der Waals surface area contributed by atoms with Crippen LogP contribution in [-0.4, -0.2) is 40.6 Å². The minimum Gasteiger partial charge on any atom is -0.481 e. The van der Waals surface area contributed by atoms with E-state index < -0.39 is 5.97 Å². The van der Waals surface area contributed by atoms with Gasteiger partial charge in [-0.05, 0) is 45.4 Å². The topological polar surface area (TPSA) is 69.6 Å². The van der Waals surface area contributed by atoms with E-state index in [-0.39, 0.29) is 24.5 Å². The highest BCUT2D eigenvalue weighted by Gasteiger charge is 2.25. The van der Waals surface area contributed by atoms with E-state index in [4.69, 9.17) is 5.11 Å². The number of nitrogens with one attached hydrogen (secondary N) is 1. The van der Waals surface area contributed by atoms with Gasteiger partial charge < -0.3 is 15.3 Å². The molecule has 0 aromatic carbocycles. The predicted molar refractivity (Wildman–Crippen MR) is 74.0 cm³/mol. The second-order valence-corrected chi connectivity index (χ2v) is 5.85. The van der Waals surface area contributed by atoms with Crippen molar-refractivity contribution in [3.8, 4) is 0 Å². The average molecular weight is 270 g/mol. The van der Waals surface area contributed by atoms with Gasteiger partial charge in [-0.2, -0.15) is 0 Å². The number of urea groups is 1. The van der Waals surface area contributed by atoms with E-state index >= 15 is 0 Å². The molecule has 5 nitrogen and oxygen atoms in total. The number of carbonyl (C=O) groups excluding carboxylic acids is 1. The molecule has 19 heavy (non-hydrogen) atoms. The van der Waals surface area contributed by atoms with Crippen LogP contribution in [-0.2, 0) is 4.79 Å². The van der Waals surface area contributed by atoms with Crippen molar-refractivity contribution in [2.24, 2.45) is 5.92 Å². The fourth-order valence-corrected chi connectivity index (χ4v) is 2.59. The average Bonchev–Trinajstić information content (AvgIpc) is 2.69. The Bertz CT molecular complexity index is 318. The molecule has 1 saturated carbocycles. The number of nitrogens with zero attached hydrogens (tertiary/aromatic N) is 1. The van der Waals surface area contributed by atoms with Crippen molar-refractivity contribution in [1.82, 2.24) is 10.2 Å². The molecule has 0 heterocycles. The summed E-state index contributed by atoms with van der Waals surface area (Å²) in [7, 11) is 0. The first-order valence-electron chi connectivity index (χ1n) is 7.19. The molecule has 0 saturated heterocycles. The summed E-state index contributed by atoms with van der Waals surface area (Å²) in [5.41, 5.74) is 0. The van der Waals surface area contributed by atoms with Gasteiger partial charge in [0.1, 0.15) is 0 Å². The van der Waals surface area contributed by atoms with Crippen molar-refractivity contribution in [2.45, 2.75) is 65.0 Å². The zero-order chi connectivity index (χ0) is 14.4. The predicted octanol–water partition coefficient (Wildman–Crippen LogP) is 2.46. The standard InChI is InChI=1S/C14H26N2O3/c1-10(2)16(8-4-5-13(17)18)14(19)15-12-7-6-11(3)9-12/h10-12H,4-9H2,1-3H3,(H,15,19)(H,17,18). The number of rotatable bonds is 6. The molecule has 0 aliphatic heterocycles. The van der Waals surface area contributed by atoms with Crippen LogP contribution < -0.4 is 5.32 Å². The minimum absolute atomic E-state index is 0.0560. The molecule has 1 aliphatic rings. The normalized spacial score (nSPS) is 22.5. The molecule has 0 bridgehead atoms. The van der Waals surface area contributed by atoms with E-state index in [1.165, 1.54) is 6.42 Å². The maximum Gasteiger partial charge on any atom is 0.317 e. The van der Waals surface area contributed by atoms with Gasteiger partial charge in [-0.15, -0.1) is 0 Å². The van der Waals surface area contributed by atoms with E-state index in [0.29, 0.717) is 18.9 Å². The smallest absolute Gasteiger partial charge is 0.317 e. The molecule has 1 rings (SSSR count). The van der Waals surface area contributed by atoms with Crippen molar-refractivity contribution < 1.29 is 14.7 Å². The number of hydrogen-bond acceptors (Lipinski definition) is 2. The summed E-state index contributed by atoms with van der Waals surface area (Å²) < 4.78 is 0. The third-order valence-corrected chi connectivity index (χ3v) is 3.70. The van der Waals surface area contributed by atoms with Gasteiger partial charge in [0.2, 0.25) is 0 Å². The Labute approximate surface area is 115 Å². The number of carbonyl (C=O) groups is 2. The Morgan fingerprint density at radius 1 is 1.37 bits per heavy atom. The van der Waals surface area contributed by atoms with Gasteiger partial charge in [0.15, 0.2) is 0 Å². The Kier molecular flexibility index (Phi) is 6.12. The third-order valence-electron chi connectivity index (χ3n) is 3.70. The van der Waals surface area contributed by atoms with Crippen LogP contribution in [0.15, 0.2) is 0 Å². The summed E-state index contributed by atoms with van der Waals surface area (Å²) >= 11 is 0. The summed E-state index contributed by atoms with van der Waals surface area (Å²) in [4.78, 5) is 24.4. The fourth-order valence-electron chi connectivity index (χ4n) is 2.59. The highest BCUT2D eigenvalue weighted by Crippen LogP contribution is 2.24. The van der Waals surface area contributed by atoms with Crippen LogP contribution in [0.1, 0.15) is 52.9 Å². The third kappa shape index (κ3) is 5.49. The van der Waals surface area contributed by atoms with Crippen molar-refractivity contribution in [1.29, 1.82) is 0 Å². The van der Waals surface area contributed by atoms with E-state index in [1.807, 2.05) is 13.8 Å². The zero-order valence-corrected chi connectivity index (χ0v) is 12.2. The van der Waals surface area contributed by atoms with Crippen molar-refractivity contribution >= 4 is 12.0 Å². The number of carboxylic acids is 1. The van der Waals surface area contributed by atoms with Crippen LogP contribution in [0, 0.1) is 5.92 Å². The minimum atomic E-state index is -0.811. The molecular formula is C14H26N2O3. The first kappa shape index (κ1) is 15.8. The zero-order valence-electron chi connectivity index (χ0n) is 12.2. The second kappa shape index (κ2) is 7.36. The van der Waals surface area contributed by atoms with Gasteiger partial charge in [0.05, 0.1) is 0 Å². The van der Waals surface area contributed by atoms with Crippen LogP contribution in [0.3, 0.4) is 0 Å². The van der Waals surface area contributed by atoms with E-state index in [0.717, 1.165) is 12.8 Å². The molecule has 1 fully saturated rings. The van der Waals surface area contributed by atoms with Crippen molar-refractivity contribution in [3.63, 3.8) is 0 Å². The molecule has 2 unspecified atom stereocenters. The lowest BCUT2D eigenvalue weighted by molar-refractivity contribution is -0.137. The Balaban J connectivity index is 2.41. The molecule has 2 amide bonds. The molecule has 0 radical (unpaired) electrons. The Morgan fingerprint density at radius 3 is 2.53 bits per heavy atom. The molecule has 0 aromatic heterocycles. The number of amides is 2. The maximum atomic E-state index is 12.2. The van der Waals surface area contributed by atoms with Crippen LogP contribution in [0.4, 0.5) is 4.79 Å². The SMILES string of the molecule is CC1CCC(NC(=O)N(CCCC(=O)O)C(C)C)C1. The maximum absolute atomic E-state index is 12.2. The monoisotopic (exact) mass is 270 g/mol. The number of hydrogen-bond donors (Lipinski definition) is 2. The van der Waals surface area contributed by atoms with Gasteiger partial charge in [0.25, 0.3) is 0 Å². The quantitative estimate of drug-likeness (QED) is 0.779. The lowest BCUT2D eigenvalue weighted by Gasteiger charge is -2.28. The van der Waals surface area contributed by atoms with Crippen LogP contribution in [0.25, 0.3) is 0 Å². The number of aliphatic carboxylic acids is 1. The Morgan fingerprint density at radius 2 is 2.05 bits per heavy atom. The van der Waals surface area contributed by atoms with E-state index in [1.54, 1.807) is 4.90 Å². The van der Waals surface area contributed by atoms with Crippen molar-refractivity contribution in [2.75, 3.05) is 6.54 Å². The lowest BCUT2D eigenvalue weighted by Crippen LogP contribution is -2.47. The number of carboxylic acid groups (broad SMARTS) is 1. The molecular weight excluding hydrogens is 244 g/mol. The molecule has 1 aliphatic carbocycles. The summed E-state index contributed by atoms with van der Waals surface area (Å²) in [6, 6.07) is 0.315. The van der Waals surface area contributed by atoms with Crippen molar-refractivity contribution in [3.05, 3.63) is 0 Å². The van der Waals surface area contributed by atoms with Gasteiger partial charge in [-0.25, -0.2) is 4.79 Å². The molecule has 2 atom stereocenters. The van der Waals surface area contributed by atoms with Crippen LogP contribution >= 0.6 is 0 Å².